The van der Waals surface area contributed by atoms with Crippen LogP contribution >= 0.6 is 34.8 Å². The maximum absolute atomic E-state index is 12.4. The largest absolute Gasteiger partial charge is 0.423 e. The highest BCUT2D eigenvalue weighted by Crippen LogP contribution is 2.38. The lowest BCUT2D eigenvalue weighted by molar-refractivity contribution is -0.141. The van der Waals surface area contributed by atoms with Gasteiger partial charge in [0.1, 0.15) is 0 Å². The number of hydrogen-bond acceptors (Lipinski definition) is 4. The van der Waals surface area contributed by atoms with E-state index in [4.69, 9.17) is 39.5 Å². The summed E-state index contributed by atoms with van der Waals surface area (Å²) in [5.74, 6) is -1.41. The summed E-state index contributed by atoms with van der Waals surface area (Å²) in [4.78, 5) is 38.0. The summed E-state index contributed by atoms with van der Waals surface area (Å²) in [7, 11) is 0. The quantitative estimate of drug-likeness (QED) is 0.430. The minimum absolute atomic E-state index is 0.00628. The smallest absolute Gasteiger partial charge is 0.313 e. The Labute approximate surface area is 160 Å². The molecular formula is C17H16Cl3NO4. The Balaban J connectivity index is 1.61. The van der Waals surface area contributed by atoms with Crippen molar-refractivity contribution in [3.63, 3.8) is 0 Å². The van der Waals surface area contributed by atoms with E-state index in [1.807, 2.05) is 0 Å². The number of benzene rings is 1. The van der Waals surface area contributed by atoms with Crippen LogP contribution in [0.15, 0.2) is 12.1 Å². The average molecular weight is 405 g/mol. The molecular weight excluding hydrogens is 389 g/mol. The van der Waals surface area contributed by atoms with Gasteiger partial charge in [0, 0.05) is 11.6 Å². The maximum atomic E-state index is 12.4. The highest BCUT2D eigenvalue weighted by molar-refractivity contribution is 6.40. The summed E-state index contributed by atoms with van der Waals surface area (Å²) >= 11 is 17.7. The fourth-order valence-electron chi connectivity index (χ4n) is 3.45. The third-order valence-corrected chi connectivity index (χ3v) is 5.43. The van der Waals surface area contributed by atoms with Crippen molar-refractivity contribution in [1.29, 1.82) is 0 Å². The first-order valence-electron chi connectivity index (χ1n) is 8.09. The van der Waals surface area contributed by atoms with E-state index in [-0.39, 0.29) is 52.4 Å². The second-order valence-corrected chi connectivity index (χ2v) is 7.50. The molecule has 1 aromatic carbocycles. The van der Waals surface area contributed by atoms with E-state index in [2.05, 4.69) is 0 Å². The number of nitrogens with zero attached hydrogens (tertiary/aromatic N) is 1. The number of ether oxygens (including phenoxy) is 1. The van der Waals surface area contributed by atoms with Gasteiger partial charge in [-0.3, -0.25) is 19.3 Å². The molecule has 134 valence electrons. The molecule has 2 fully saturated rings. The molecule has 25 heavy (non-hydrogen) atoms. The first-order chi connectivity index (χ1) is 11.9. The molecule has 3 rings (SSSR count). The number of amides is 2. The molecule has 1 saturated heterocycles. The molecule has 2 atom stereocenters. The first kappa shape index (κ1) is 18.5. The Morgan fingerprint density at radius 1 is 1.04 bits per heavy atom. The molecule has 0 aromatic heterocycles. The summed E-state index contributed by atoms with van der Waals surface area (Å²) in [6.45, 7) is 0.00628. The minimum Gasteiger partial charge on any atom is -0.423 e. The molecule has 5 nitrogen and oxygen atoms in total. The molecule has 0 radical (unpaired) electrons. The molecule has 1 aliphatic heterocycles. The molecule has 0 N–H and O–H groups in total. The predicted octanol–water partition coefficient (Wildman–Crippen LogP) is 4.12. The predicted molar refractivity (Wildman–Crippen MR) is 93.9 cm³/mol. The van der Waals surface area contributed by atoms with Crippen LogP contribution in [0.5, 0.6) is 5.75 Å². The second kappa shape index (κ2) is 7.52. The van der Waals surface area contributed by atoms with E-state index in [1.54, 1.807) is 0 Å². The maximum Gasteiger partial charge on any atom is 0.313 e. The van der Waals surface area contributed by atoms with Gasteiger partial charge in [-0.1, -0.05) is 47.6 Å². The van der Waals surface area contributed by atoms with Gasteiger partial charge in [0.25, 0.3) is 0 Å². The number of rotatable bonds is 4. The molecule has 1 saturated carbocycles. The Hall–Kier alpha value is -1.30. The standard InChI is InChI=1S/C17H16Cl3NO4/c18-9-7-12(19)15(13(20)8-9)25-14(22)5-6-21-16(23)10-3-1-2-4-11(10)17(21)24/h7-8,10-11H,1-6H2/t10-,11-/m0/s1. The van der Waals surface area contributed by atoms with Crippen LogP contribution in [0.4, 0.5) is 0 Å². The fraction of sp³-hybridized carbons (Fsp3) is 0.471. The lowest BCUT2D eigenvalue weighted by Gasteiger charge is -2.19. The number of fused-ring (bicyclic) bond motifs is 1. The van der Waals surface area contributed by atoms with Gasteiger partial charge in [-0.05, 0) is 25.0 Å². The molecule has 0 spiro atoms. The van der Waals surface area contributed by atoms with Gasteiger partial charge < -0.3 is 4.74 Å². The summed E-state index contributed by atoms with van der Waals surface area (Å²) in [6, 6.07) is 2.83. The van der Waals surface area contributed by atoms with Crippen molar-refractivity contribution in [3.05, 3.63) is 27.2 Å². The number of carbonyl (C=O) groups excluding carboxylic acids is 3. The van der Waals surface area contributed by atoms with Gasteiger partial charge in [0.2, 0.25) is 11.8 Å². The molecule has 0 bridgehead atoms. The number of esters is 1. The van der Waals surface area contributed by atoms with E-state index >= 15 is 0 Å². The van der Waals surface area contributed by atoms with Gasteiger partial charge in [-0.25, -0.2) is 0 Å². The molecule has 2 aliphatic rings. The van der Waals surface area contributed by atoms with Crippen LogP contribution in [0.3, 0.4) is 0 Å². The van der Waals surface area contributed by atoms with E-state index in [0.29, 0.717) is 5.02 Å². The average Bonchev–Trinajstić information content (AvgIpc) is 2.81. The molecule has 2 amide bonds. The number of likely N-dealkylation sites (tertiary alicyclic amines) is 1. The normalized spacial score (nSPS) is 22.9. The Morgan fingerprint density at radius 2 is 1.56 bits per heavy atom. The summed E-state index contributed by atoms with van der Waals surface area (Å²) in [5, 5.41) is 0.557. The topological polar surface area (TPSA) is 63.7 Å². The van der Waals surface area contributed by atoms with Crippen LogP contribution in [0.25, 0.3) is 0 Å². The van der Waals surface area contributed by atoms with Crippen LogP contribution in [-0.2, 0) is 14.4 Å². The van der Waals surface area contributed by atoms with Crippen molar-refractivity contribution in [2.75, 3.05) is 6.54 Å². The molecule has 0 unspecified atom stereocenters. The highest BCUT2D eigenvalue weighted by atomic mass is 35.5. The van der Waals surface area contributed by atoms with Crippen molar-refractivity contribution in [2.24, 2.45) is 11.8 Å². The Bertz CT molecular complexity index is 690. The second-order valence-electron chi connectivity index (χ2n) is 6.25. The third kappa shape index (κ3) is 3.78. The monoisotopic (exact) mass is 403 g/mol. The first-order valence-corrected chi connectivity index (χ1v) is 9.22. The molecule has 1 aliphatic carbocycles. The highest BCUT2D eigenvalue weighted by Gasteiger charge is 2.47. The van der Waals surface area contributed by atoms with Crippen molar-refractivity contribution >= 4 is 52.6 Å². The van der Waals surface area contributed by atoms with Gasteiger partial charge in [0.05, 0.1) is 28.3 Å². The zero-order valence-electron chi connectivity index (χ0n) is 13.3. The zero-order chi connectivity index (χ0) is 18.1. The van der Waals surface area contributed by atoms with Crippen LogP contribution in [0.1, 0.15) is 32.1 Å². The van der Waals surface area contributed by atoms with Crippen molar-refractivity contribution < 1.29 is 19.1 Å². The molecule has 8 heteroatoms. The van der Waals surface area contributed by atoms with Crippen molar-refractivity contribution in [1.82, 2.24) is 4.90 Å². The van der Waals surface area contributed by atoms with Crippen LogP contribution in [-0.4, -0.2) is 29.2 Å². The van der Waals surface area contributed by atoms with E-state index in [9.17, 15) is 14.4 Å². The SMILES string of the molecule is O=C(CCN1C(=O)[C@H]2CCCC[C@@H]2C1=O)Oc1c(Cl)cc(Cl)cc1Cl. The van der Waals surface area contributed by atoms with Crippen molar-refractivity contribution in [2.45, 2.75) is 32.1 Å². The van der Waals surface area contributed by atoms with Gasteiger partial charge in [-0.2, -0.15) is 0 Å². The van der Waals surface area contributed by atoms with E-state index in [0.717, 1.165) is 25.7 Å². The lowest BCUT2D eigenvalue weighted by Crippen LogP contribution is -2.33. The minimum atomic E-state index is -0.624. The van der Waals surface area contributed by atoms with Crippen LogP contribution in [0, 0.1) is 11.8 Å². The van der Waals surface area contributed by atoms with Gasteiger partial charge in [-0.15, -0.1) is 0 Å². The number of hydrogen-bond donors (Lipinski definition) is 0. The number of carbonyl (C=O) groups is 3. The number of halogens is 3. The third-order valence-electron chi connectivity index (χ3n) is 4.65. The fourth-order valence-corrected chi connectivity index (χ4v) is 4.34. The Kier molecular flexibility index (Phi) is 5.56. The summed E-state index contributed by atoms with van der Waals surface area (Å²) in [5.41, 5.74) is 0. The van der Waals surface area contributed by atoms with Gasteiger partial charge in [0.15, 0.2) is 5.75 Å². The van der Waals surface area contributed by atoms with E-state index < -0.39 is 5.97 Å². The molecule has 1 heterocycles. The van der Waals surface area contributed by atoms with Crippen molar-refractivity contribution in [3.8, 4) is 5.75 Å². The summed E-state index contributed by atoms with van der Waals surface area (Å²) < 4.78 is 5.17. The number of imide groups is 1. The summed E-state index contributed by atoms with van der Waals surface area (Å²) in [6.07, 6.45) is 3.29. The zero-order valence-corrected chi connectivity index (χ0v) is 15.5. The molecule has 1 aromatic rings. The van der Waals surface area contributed by atoms with Crippen LogP contribution < -0.4 is 4.74 Å². The lowest BCUT2D eigenvalue weighted by atomic mass is 9.81. The van der Waals surface area contributed by atoms with Crippen LogP contribution in [0.2, 0.25) is 15.1 Å². The van der Waals surface area contributed by atoms with E-state index in [1.165, 1.54) is 17.0 Å². The Morgan fingerprint density at radius 3 is 2.08 bits per heavy atom. The van der Waals surface area contributed by atoms with Gasteiger partial charge >= 0.3 is 5.97 Å².